The molecule has 0 aliphatic carbocycles. The Kier molecular flexibility index (Phi) is 5.69. The van der Waals surface area contributed by atoms with Crippen LogP contribution in [0.2, 0.25) is 0 Å². The van der Waals surface area contributed by atoms with E-state index in [0.717, 1.165) is 0 Å². The summed E-state index contributed by atoms with van der Waals surface area (Å²) in [4.78, 5) is 11.2. The molecule has 0 aliphatic rings. The minimum Gasteiger partial charge on any atom is -0.478 e. The van der Waals surface area contributed by atoms with Gasteiger partial charge in [0.2, 0.25) is 10.0 Å². The first-order valence-corrected chi connectivity index (χ1v) is 8.15. The highest BCUT2D eigenvalue weighted by atomic mass is 32.2. The molecule has 21 heavy (non-hydrogen) atoms. The molecule has 0 spiro atoms. The summed E-state index contributed by atoms with van der Waals surface area (Å²) < 4.78 is 26.8. The third-order valence-electron chi connectivity index (χ3n) is 3.29. The zero-order chi connectivity index (χ0) is 16.2. The van der Waals surface area contributed by atoms with Crippen molar-refractivity contribution >= 4 is 16.0 Å². The molecular weight excluding hydrogens is 290 g/mol. The molecule has 5 nitrogen and oxygen atoms in total. The Morgan fingerprint density at radius 3 is 2.48 bits per heavy atom. The molecule has 1 aromatic rings. The van der Waals surface area contributed by atoms with Gasteiger partial charge in [-0.25, -0.2) is 13.2 Å². The molecule has 0 saturated heterocycles. The molecule has 0 bridgehead atoms. The second-order valence-electron chi connectivity index (χ2n) is 4.87. The maximum atomic E-state index is 12.7. The Bertz CT molecular complexity index is 650. The number of aromatic carboxylic acids is 1. The van der Waals surface area contributed by atoms with Crippen molar-refractivity contribution in [2.75, 3.05) is 13.1 Å². The minimum absolute atomic E-state index is 0.0215. The van der Waals surface area contributed by atoms with E-state index in [1.807, 2.05) is 6.92 Å². The summed E-state index contributed by atoms with van der Waals surface area (Å²) in [7, 11) is -3.74. The van der Waals surface area contributed by atoms with Crippen LogP contribution >= 0.6 is 0 Å². The quantitative estimate of drug-likeness (QED) is 0.785. The molecule has 116 valence electrons. The maximum absolute atomic E-state index is 12.7. The molecule has 0 unspecified atom stereocenters. The van der Waals surface area contributed by atoms with Crippen LogP contribution in [0.15, 0.2) is 29.7 Å². The summed E-state index contributed by atoms with van der Waals surface area (Å²) in [6.07, 6.45) is 2.19. The van der Waals surface area contributed by atoms with Gasteiger partial charge in [0.15, 0.2) is 0 Å². The second kappa shape index (κ2) is 6.87. The molecule has 0 atom stereocenters. The van der Waals surface area contributed by atoms with E-state index in [1.54, 1.807) is 13.8 Å². The number of carboxylic acid groups (broad SMARTS) is 1. The molecule has 6 heteroatoms. The molecular formula is C15H21NO4S. The van der Waals surface area contributed by atoms with Gasteiger partial charge in [-0.2, -0.15) is 4.31 Å². The van der Waals surface area contributed by atoms with E-state index < -0.39 is 16.0 Å². The molecule has 0 aliphatic heterocycles. The van der Waals surface area contributed by atoms with Crippen molar-refractivity contribution in [3.63, 3.8) is 0 Å². The van der Waals surface area contributed by atoms with Gasteiger partial charge in [0.1, 0.15) is 0 Å². The largest absolute Gasteiger partial charge is 0.478 e. The number of hydrogen-bond donors (Lipinski definition) is 1. The van der Waals surface area contributed by atoms with Gasteiger partial charge >= 0.3 is 5.97 Å². The van der Waals surface area contributed by atoms with Crippen LogP contribution in [0.4, 0.5) is 0 Å². The zero-order valence-corrected chi connectivity index (χ0v) is 13.4. The van der Waals surface area contributed by atoms with Gasteiger partial charge in [0, 0.05) is 13.1 Å². The topological polar surface area (TPSA) is 74.7 Å². The van der Waals surface area contributed by atoms with Crippen molar-refractivity contribution in [3.05, 3.63) is 41.5 Å². The first-order chi connectivity index (χ1) is 9.75. The van der Waals surface area contributed by atoms with Crippen molar-refractivity contribution in [3.8, 4) is 0 Å². The van der Waals surface area contributed by atoms with E-state index in [2.05, 4.69) is 6.58 Å². The van der Waals surface area contributed by atoms with Crippen LogP contribution in [0.3, 0.4) is 0 Å². The summed E-state index contributed by atoms with van der Waals surface area (Å²) in [5.74, 6) is -1.14. The summed E-state index contributed by atoms with van der Waals surface area (Å²) in [6, 6.07) is 2.71. The van der Waals surface area contributed by atoms with Crippen molar-refractivity contribution in [2.45, 2.75) is 32.1 Å². The Hall–Kier alpha value is -1.66. The Morgan fingerprint density at radius 2 is 2.00 bits per heavy atom. The summed E-state index contributed by atoms with van der Waals surface area (Å²) >= 11 is 0. The normalized spacial score (nSPS) is 11.6. The molecule has 0 heterocycles. The predicted molar refractivity (Wildman–Crippen MR) is 82.1 cm³/mol. The number of nitrogens with zero attached hydrogens (tertiary/aromatic N) is 1. The summed E-state index contributed by atoms with van der Waals surface area (Å²) in [6.45, 7) is 9.42. The van der Waals surface area contributed by atoms with Crippen LogP contribution < -0.4 is 0 Å². The third kappa shape index (κ3) is 3.71. The number of hydrogen-bond acceptors (Lipinski definition) is 3. The van der Waals surface area contributed by atoms with E-state index in [4.69, 9.17) is 5.11 Å². The number of carboxylic acids is 1. The molecule has 1 rings (SSSR count). The van der Waals surface area contributed by atoms with E-state index in [-0.39, 0.29) is 17.0 Å². The van der Waals surface area contributed by atoms with Gasteiger partial charge in [-0.05, 0) is 43.5 Å². The van der Waals surface area contributed by atoms with Crippen LogP contribution in [0.25, 0.3) is 0 Å². The third-order valence-corrected chi connectivity index (χ3v) is 5.28. The lowest BCUT2D eigenvalue weighted by Crippen LogP contribution is -2.32. The number of aryl methyl sites for hydroxylation is 1. The zero-order valence-electron chi connectivity index (χ0n) is 12.6. The molecule has 1 aromatic carbocycles. The molecule has 0 aromatic heterocycles. The first-order valence-electron chi connectivity index (χ1n) is 6.71. The van der Waals surface area contributed by atoms with Crippen LogP contribution in [0.1, 0.15) is 34.8 Å². The summed E-state index contributed by atoms with van der Waals surface area (Å²) in [5, 5.41) is 9.11. The number of benzene rings is 1. The highest BCUT2D eigenvalue weighted by molar-refractivity contribution is 7.89. The lowest BCUT2D eigenvalue weighted by Gasteiger charge is -2.22. The fraction of sp³-hybridized carbons (Fsp3) is 0.400. The second-order valence-corrected chi connectivity index (χ2v) is 6.78. The SMILES string of the molecule is C=CCN(CCC)S(=O)(=O)c1cc(C(=O)O)cc(C)c1C. The highest BCUT2D eigenvalue weighted by Gasteiger charge is 2.26. The predicted octanol–water partition coefficient (Wildman–Crippen LogP) is 2.59. The number of sulfonamides is 1. The Balaban J connectivity index is 3.48. The van der Waals surface area contributed by atoms with Crippen LogP contribution in [-0.4, -0.2) is 36.9 Å². The monoisotopic (exact) mass is 311 g/mol. The van der Waals surface area contributed by atoms with Gasteiger partial charge in [-0.15, -0.1) is 6.58 Å². The fourth-order valence-electron chi connectivity index (χ4n) is 2.06. The van der Waals surface area contributed by atoms with Crippen LogP contribution in [0.5, 0.6) is 0 Å². The minimum atomic E-state index is -3.74. The molecule has 0 saturated carbocycles. The molecule has 1 N–H and O–H groups in total. The molecule has 0 fully saturated rings. The first kappa shape index (κ1) is 17.4. The van der Waals surface area contributed by atoms with Crippen molar-refractivity contribution in [2.24, 2.45) is 0 Å². The van der Waals surface area contributed by atoms with Gasteiger partial charge in [0.05, 0.1) is 10.5 Å². The van der Waals surface area contributed by atoms with Crippen molar-refractivity contribution < 1.29 is 18.3 Å². The number of carbonyl (C=O) groups is 1. The molecule has 0 radical (unpaired) electrons. The lowest BCUT2D eigenvalue weighted by molar-refractivity contribution is 0.0696. The maximum Gasteiger partial charge on any atom is 0.335 e. The average Bonchev–Trinajstić information content (AvgIpc) is 2.40. The van der Waals surface area contributed by atoms with E-state index in [9.17, 15) is 13.2 Å². The van der Waals surface area contributed by atoms with Gasteiger partial charge < -0.3 is 5.11 Å². The van der Waals surface area contributed by atoms with Gasteiger partial charge in [-0.3, -0.25) is 0 Å². The molecule has 0 amide bonds. The number of rotatable bonds is 7. The fourth-order valence-corrected chi connectivity index (χ4v) is 3.89. The lowest BCUT2D eigenvalue weighted by atomic mass is 10.1. The van der Waals surface area contributed by atoms with E-state index in [1.165, 1.54) is 22.5 Å². The van der Waals surface area contributed by atoms with Crippen LogP contribution in [-0.2, 0) is 10.0 Å². The van der Waals surface area contributed by atoms with Gasteiger partial charge in [0.25, 0.3) is 0 Å². The standard InChI is InChI=1S/C15H21NO4S/c1-5-7-16(8-6-2)21(19,20)14-10-13(15(17)18)9-11(3)12(14)4/h5,9-10H,1,6-8H2,2-4H3,(H,17,18). The van der Waals surface area contributed by atoms with E-state index >= 15 is 0 Å². The van der Waals surface area contributed by atoms with Crippen molar-refractivity contribution in [1.82, 2.24) is 4.31 Å². The summed E-state index contributed by atoms with van der Waals surface area (Å²) in [5.41, 5.74) is 1.19. The Morgan fingerprint density at radius 1 is 1.38 bits per heavy atom. The smallest absolute Gasteiger partial charge is 0.335 e. The average molecular weight is 311 g/mol. The Labute approximate surface area is 126 Å². The van der Waals surface area contributed by atoms with E-state index in [0.29, 0.717) is 24.1 Å². The van der Waals surface area contributed by atoms with Gasteiger partial charge in [-0.1, -0.05) is 13.0 Å². The van der Waals surface area contributed by atoms with Crippen LogP contribution in [0, 0.1) is 13.8 Å². The highest BCUT2D eigenvalue weighted by Crippen LogP contribution is 2.24. The van der Waals surface area contributed by atoms with Crippen molar-refractivity contribution in [1.29, 1.82) is 0 Å².